The summed E-state index contributed by atoms with van der Waals surface area (Å²) in [7, 11) is 0. The molecule has 1 aromatic heterocycles. The maximum Gasteiger partial charge on any atom is 0.325 e. The van der Waals surface area contributed by atoms with Crippen molar-refractivity contribution in [1.82, 2.24) is 10.2 Å². The van der Waals surface area contributed by atoms with Crippen molar-refractivity contribution in [2.75, 3.05) is 13.1 Å². The Balaban J connectivity index is 2.02. The van der Waals surface area contributed by atoms with E-state index in [4.69, 9.17) is 4.42 Å². The molecule has 1 fully saturated rings. The first kappa shape index (κ1) is 16.4. The van der Waals surface area contributed by atoms with Gasteiger partial charge in [-0.1, -0.05) is 0 Å². The largest absolute Gasteiger partial charge is 0.480 e. The van der Waals surface area contributed by atoms with Gasteiger partial charge >= 0.3 is 5.97 Å². The average Bonchev–Trinajstić information content (AvgIpc) is 2.99. The summed E-state index contributed by atoms with van der Waals surface area (Å²) in [5.74, 6) is -0.928. The molecule has 3 rings (SSSR count). The summed E-state index contributed by atoms with van der Waals surface area (Å²) in [5, 5.41) is 24.6. The van der Waals surface area contributed by atoms with Gasteiger partial charge in [-0.3, -0.25) is 19.8 Å². The first-order valence-corrected chi connectivity index (χ1v) is 7.67. The number of fused-ring (bicyclic) bond motifs is 1. The number of carboxylic acid groups (broad SMARTS) is 1. The van der Waals surface area contributed by atoms with Crippen LogP contribution >= 0.6 is 0 Å². The number of carboxylic acids is 1. The number of aliphatic carboxylic acids is 1. The minimum Gasteiger partial charge on any atom is -0.480 e. The molecule has 1 aliphatic rings. The summed E-state index contributed by atoms with van der Waals surface area (Å²) in [4.78, 5) is 24.3. The first-order valence-electron chi connectivity index (χ1n) is 7.67. The zero-order chi connectivity index (χ0) is 17.5. The monoisotopic (exact) mass is 333 g/mol. The molecular weight excluding hydrogens is 314 g/mol. The van der Waals surface area contributed by atoms with E-state index in [1.807, 2.05) is 11.8 Å². The second-order valence-corrected chi connectivity index (χ2v) is 6.44. The molecule has 2 N–H and O–H groups in total. The Morgan fingerprint density at radius 1 is 1.58 bits per heavy atom. The van der Waals surface area contributed by atoms with Crippen molar-refractivity contribution in [2.45, 2.75) is 32.0 Å². The molecule has 1 saturated heterocycles. The Bertz CT molecular complexity index is 802. The Morgan fingerprint density at radius 3 is 3.00 bits per heavy atom. The predicted octanol–water partition coefficient (Wildman–Crippen LogP) is 1.98. The van der Waals surface area contributed by atoms with Gasteiger partial charge in [0.1, 0.15) is 11.1 Å². The van der Waals surface area contributed by atoms with Gasteiger partial charge in [0.15, 0.2) is 0 Å². The van der Waals surface area contributed by atoms with Crippen LogP contribution in [0.1, 0.15) is 19.4 Å². The van der Waals surface area contributed by atoms with E-state index < -0.39 is 16.4 Å². The van der Waals surface area contributed by atoms with Crippen LogP contribution in [0.4, 0.5) is 5.69 Å². The minimum atomic E-state index is -1.09. The Hall–Kier alpha value is -2.45. The summed E-state index contributed by atoms with van der Waals surface area (Å²) >= 11 is 0. The van der Waals surface area contributed by atoms with Crippen LogP contribution in [-0.4, -0.2) is 45.6 Å². The highest BCUT2D eigenvalue weighted by Gasteiger charge is 2.43. The lowest BCUT2D eigenvalue weighted by Crippen LogP contribution is -2.65. The highest BCUT2D eigenvalue weighted by Crippen LogP contribution is 2.30. The third-order valence-corrected chi connectivity index (χ3v) is 4.63. The molecule has 0 saturated carbocycles. The number of nitrogens with one attached hydrogen (secondary N) is 1. The maximum absolute atomic E-state index is 11.8. The number of hydrogen-bond donors (Lipinski definition) is 2. The molecule has 0 amide bonds. The standard InChI is InChI=1S/C16H19N3O5/c1-10-7-18(16(2,9-17-10)15(20)21)8-12-6-13(19(22)23)5-11-3-4-24-14(11)12/h3-6,10,17H,7-9H2,1-2H3,(H,20,21). The predicted molar refractivity (Wildman–Crippen MR) is 86.8 cm³/mol. The molecule has 1 aromatic carbocycles. The Morgan fingerprint density at radius 2 is 2.33 bits per heavy atom. The number of non-ortho nitro benzene ring substituents is 1. The van der Waals surface area contributed by atoms with Gasteiger partial charge < -0.3 is 14.8 Å². The second-order valence-electron chi connectivity index (χ2n) is 6.44. The third-order valence-electron chi connectivity index (χ3n) is 4.63. The van der Waals surface area contributed by atoms with E-state index in [0.717, 1.165) is 0 Å². The van der Waals surface area contributed by atoms with Crippen molar-refractivity contribution >= 4 is 22.6 Å². The number of hydrogen-bond acceptors (Lipinski definition) is 6. The average molecular weight is 333 g/mol. The summed E-state index contributed by atoms with van der Waals surface area (Å²) in [5.41, 5.74) is 0.0557. The number of nitro benzene ring substituents is 1. The Labute approximate surface area is 138 Å². The lowest BCUT2D eigenvalue weighted by atomic mass is 9.94. The Kier molecular flexibility index (Phi) is 4.02. The van der Waals surface area contributed by atoms with Crippen LogP contribution in [0.5, 0.6) is 0 Å². The minimum absolute atomic E-state index is 0.0286. The van der Waals surface area contributed by atoms with Gasteiger partial charge in [-0.05, 0) is 19.9 Å². The molecule has 8 heteroatoms. The fourth-order valence-electron chi connectivity index (χ4n) is 3.10. The fourth-order valence-corrected chi connectivity index (χ4v) is 3.10. The van der Waals surface area contributed by atoms with Gasteiger partial charge in [0.25, 0.3) is 5.69 Å². The smallest absolute Gasteiger partial charge is 0.325 e. The highest BCUT2D eigenvalue weighted by molar-refractivity contribution is 5.83. The molecule has 0 aliphatic carbocycles. The molecule has 2 heterocycles. The zero-order valence-electron chi connectivity index (χ0n) is 13.5. The second kappa shape index (κ2) is 5.88. The van der Waals surface area contributed by atoms with Crippen LogP contribution < -0.4 is 5.32 Å². The number of carbonyl (C=O) groups is 1. The number of nitro groups is 1. The van der Waals surface area contributed by atoms with Crippen molar-refractivity contribution in [1.29, 1.82) is 0 Å². The molecule has 24 heavy (non-hydrogen) atoms. The van der Waals surface area contributed by atoms with E-state index in [1.54, 1.807) is 13.0 Å². The van der Waals surface area contributed by atoms with E-state index in [9.17, 15) is 20.0 Å². The van der Waals surface area contributed by atoms with Gasteiger partial charge in [-0.2, -0.15) is 0 Å². The van der Waals surface area contributed by atoms with Gasteiger partial charge in [0.2, 0.25) is 0 Å². The van der Waals surface area contributed by atoms with Crippen molar-refractivity contribution < 1.29 is 19.2 Å². The molecule has 128 valence electrons. The van der Waals surface area contributed by atoms with E-state index in [-0.39, 0.29) is 18.3 Å². The molecular formula is C16H19N3O5. The van der Waals surface area contributed by atoms with Crippen molar-refractivity contribution in [3.8, 4) is 0 Å². The van der Waals surface area contributed by atoms with E-state index >= 15 is 0 Å². The highest BCUT2D eigenvalue weighted by atomic mass is 16.6. The lowest BCUT2D eigenvalue weighted by molar-refractivity contribution is -0.384. The SMILES string of the molecule is CC1CN(Cc2cc([N+](=O)[O-])cc3ccoc23)C(C)(C(=O)O)CN1. The van der Waals surface area contributed by atoms with E-state index in [0.29, 0.717) is 29.6 Å². The van der Waals surface area contributed by atoms with Crippen molar-refractivity contribution in [3.63, 3.8) is 0 Å². The van der Waals surface area contributed by atoms with Crippen LogP contribution in [0.2, 0.25) is 0 Å². The van der Waals surface area contributed by atoms with Gasteiger partial charge in [0, 0.05) is 48.8 Å². The van der Waals surface area contributed by atoms with Crippen molar-refractivity contribution in [2.24, 2.45) is 0 Å². The zero-order valence-corrected chi connectivity index (χ0v) is 13.5. The van der Waals surface area contributed by atoms with E-state index in [2.05, 4.69) is 5.32 Å². The van der Waals surface area contributed by atoms with Crippen LogP contribution in [0.25, 0.3) is 11.0 Å². The lowest BCUT2D eigenvalue weighted by Gasteiger charge is -2.44. The molecule has 2 aromatic rings. The van der Waals surface area contributed by atoms with Crippen molar-refractivity contribution in [3.05, 3.63) is 40.1 Å². The summed E-state index contributed by atoms with van der Waals surface area (Å²) in [6.07, 6.45) is 1.48. The third kappa shape index (κ3) is 2.74. The van der Waals surface area contributed by atoms with Crippen LogP contribution in [0.3, 0.4) is 0 Å². The normalized spacial score (nSPS) is 25.0. The molecule has 1 aliphatic heterocycles. The molecule has 0 bridgehead atoms. The van der Waals surface area contributed by atoms with Gasteiger partial charge in [0.05, 0.1) is 11.2 Å². The number of nitrogens with zero attached hydrogens (tertiary/aromatic N) is 2. The molecule has 2 atom stereocenters. The number of furan rings is 1. The topological polar surface area (TPSA) is 109 Å². The van der Waals surface area contributed by atoms with E-state index in [1.165, 1.54) is 18.4 Å². The van der Waals surface area contributed by atoms with Crippen LogP contribution in [0, 0.1) is 10.1 Å². The molecule has 8 nitrogen and oxygen atoms in total. The van der Waals surface area contributed by atoms with Gasteiger partial charge in [-0.15, -0.1) is 0 Å². The molecule has 0 spiro atoms. The molecule has 2 unspecified atom stereocenters. The number of benzene rings is 1. The van der Waals surface area contributed by atoms with Gasteiger partial charge in [-0.25, -0.2) is 0 Å². The summed E-state index contributed by atoms with van der Waals surface area (Å²) < 4.78 is 5.47. The molecule has 0 radical (unpaired) electrons. The van der Waals surface area contributed by atoms with Crippen LogP contribution in [0.15, 0.2) is 28.9 Å². The number of rotatable bonds is 4. The quantitative estimate of drug-likeness (QED) is 0.650. The summed E-state index contributed by atoms with van der Waals surface area (Å²) in [6, 6.07) is 4.71. The number of piperazine rings is 1. The maximum atomic E-state index is 11.8. The fraction of sp³-hybridized carbons (Fsp3) is 0.438. The van der Waals surface area contributed by atoms with Crippen LogP contribution in [-0.2, 0) is 11.3 Å². The summed E-state index contributed by atoms with van der Waals surface area (Å²) in [6.45, 7) is 4.73. The first-order chi connectivity index (χ1) is 11.3.